The molecule has 0 N–H and O–H groups in total. The average molecular weight is 292 g/mol. The topological polar surface area (TPSA) is 26.3 Å². The summed E-state index contributed by atoms with van der Waals surface area (Å²) in [6.45, 7) is 2.83. The van der Waals surface area contributed by atoms with E-state index in [-0.39, 0.29) is 0 Å². The Morgan fingerprint density at radius 1 is 1.38 bits per heavy atom. The van der Waals surface area contributed by atoms with Gasteiger partial charge in [0.2, 0.25) is 5.83 Å². The number of carbonyl (C=O) groups excluding carboxylic acids is 1. The van der Waals surface area contributed by atoms with E-state index in [9.17, 15) is 9.18 Å². The Morgan fingerprint density at radius 2 is 1.92 bits per heavy atom. The van der Waals surface area contributed by atoms with Crippen LogP contribution in [0.4, 0.5) is 4.39 Å². The van der Waals surface area contributed by atoms with Gasteiger partial charge >= 0.3 is 5.97 Å². The third-order valence-electron chi connectivity index (χ3n) is 1.25. The van der Waals surface area contributed by atoms with Crippen LogP contribution in [-0.2, 0) is 4.79 Å². The molecule has 0 atom stereocenters. The predicted octanol–water partition coefficient (Wildman–Crippen LogP) is 2.68. The quantitative estimate of drug-likeness (QED) is 0.362. The standard InChI is InChI=1S/C9H6FIO2/c1-6(10)9(12)13-8-4-2-7(11)3-5-8/h2-5H,1H2. The summed E-state index contributed by atoms with van der Waals surface area (Å²) in [5.41, 5.74) is 0. The van der Waals surface area contributed by atoms with Gasteiger partial charge in [0.05, 0.1) is 0 Å². The van der Waals surface area contributed by atoms with Crippen LogP contribution in [0.5, 0.6) is 5.75 Å². The van der Waals surface area contributed by atoms with Crippen molar-refractivity contribution in [2.45, 2.75) is 0 Å². The first-order valence-electron chi connectivity index (χ1n) is 3.42. The molecule has 13 heavy (non-hydrogen) atoms. The minimum absolute atomic E-state index is 0.309. The Kier molecular flexibility index (Phi) is 3.41. The Hall–Kier alpha value is -0.910. The average Bonchev–Trinajstić information content (AvgIpc) is 2.08. The molecule has 0 saturated carbocycles. The lowest BCUT2D eigenvalue weighted by molar-refractivity contribution is -0.131. The third kappa shape index (κ3) is 3.14. The zero-order valence-electron chi connectivity index (χ0n) is 6.59. The summed E-state index contributed by atoms with van der Waals surface area (Å²) < 4.78 is 17.8. The molecule has 0 bridgehead atoms. The highest BCUT2D eigenvalue weighted by Gasteiger charge is 2.07. The van der Waals surface area contributed by atoms with Gasteiger partial charge in [-0.25, -0.2) is 4.79 Å². The minimum Gasteiger partial charge on any atom is -0.421 e. The van der Waals surface area contributed by atoms with Gasteiger partial charge in [0.15, 0.2) is 0 Å². The van der Waals surface area contributed by atoms with Crippen LogP contribution < -0.4 is 4.74 Å². The second-order valence-electron chi connectivity index (χ2n) is 2.25. The Labute approximate surface area is 88.5 Å². The molecule has 0 radical (unpaired) electrons. The Morgan fingerprint density at radius 3 is 2.38 bits per heavy atom. The van der Waals surface area contributed by atoms with Crippen LogP contribution >= 0.6 is 22.6 Å². The maximum Gasteiger partial charge on any atom is 0.371 e. The van der Waals surface area contributed by atoms with E-state index in [1.54, 1.807) is 24.3 Å². The molecule has 1 aromatic rings. The summed E-state index contributed by atoms with van der Waals surface area (Å²) in [4.78, 5) is 10.7. The van der Waals surface area contributed by atoms with Crippen molar-refractivity contribution >= 4 is 28.6 Å². The van der Waals surface area contributed by atoms with Crippen molar-refractivity contribution in [3.63, 3.8) is 0 Å². The molecule has 4 heteroatoms. The lowest BCUT2D eigenvalue weighted by Crippen LogP contribution is -2.07. The maximum atomic E-state index is 12.2. The minimum atomic E-state index is -1.10. The van der Waals surface area contributed by atoms with Crippen LogP contribution in [0.2, 0.25) is 0 Å². The molecule has 1 aromatic carbocycles. The van der Waals surface area contributed by atoms with Crippen molar-refractivity contribution in [2.24, 2.45) is 0 Å². The van der Waals surface area contributed by atoms with E-state index in [1.165, 1.54) is 0 Å². The van der Waals surface area contributed by atoms with E-state index < -0.39 is 11.8 Å². The molecule has 2 nitrogen and oxygen atoms in total. The van der Waals surface area contributed by atoms with E-state index in [0.717, 1.165) is 3.57 Å². The van der Waals surface area contributed by atoms with Crippen molar-refractivity contribution in [2.75, 3.05) is 0 Å². The fraction of sp³-hybridized carbons (Fsp3) is 0. The maximum absolute atomic E-state index is 12.2. The van der Waals surface area contributed by atoms with Crippen LogP contribution in [0.1, 0.15) is 0 Å². The van der Waals surface area contributed by atoms with Crippen molar-refractivity contribution in [1.82, 2.24) is 0 Å². The monoisotopic (exact) mass is 292 g/mol. The van der Waals surface area contributed by atoms with Gasteiger partial charge in [-0.15, -0.1) is 0 Å². The molecule has 0 aliphatic carbocycles. The van der Waals surface area contributed by atoms with Crippen molar-refractivity contribution < 1.29 is 13.9 Å². The first-order valence-corrected chi connectivity index (χ1v) is 4.49. The molecule has 0 heterocycles. The lowest BCUT2D eigenvalue weighted by Gasteiger charge is -2.01. The summed E-state index contributed by atoms with van der Waals surface area (Å²) in [6, 6.07) is 6.68. The lowest BCUT2D eigenvalue weighted by atomic mass is 10.3. The summed E-state index contributed by atoms with van der Waals surface area (Å²) in [5, 5.41) is 0. The van der Waals surface area contributed by atoms with Gasteiger partial charge in [-0.1, -0.05) is 6.58 Å². The van der Waals surface area contributed by atoms with Gasteiger partial charge in [0.25, 0.3) is 0 Å². The Balaban J connectivity index is 2.70. The zero-order valence-corrected chi connectivity index (χ0v) is 8.75. The summed E-state index contributed by atoms with van der Waals surface area (Å²) >= 11 is 2.11. The smallest absolute Gasteiger partial charge is 0.371 e. The fourth-order valence-electron chi connectivity index (χ4n) is 0.665. The van der Waals surface area contributed by atoms with Gasteiger partial charge in [-0.05, 0) is 46.9 Å². The summed E-state index contributed by atoms with van der Waals surface area (Å²) in [7, 11) is 0. The molecule has 0 saturated heterocycles. The first-order chi connectivity index (χ1) is 6.09. The highest BCUT2D eigenvalue weighted by atomic mass is 127. The third-order valence-corrected chi connectivity index (χ3v) is 1.96. The van der Waals surface area contributed by atoms with E-state index in [1.807, 2.05) is 0 Å². The van der Waals surface area contributed by atoms with E-state index in [4.69, 9.17) is 0 Å². The molecule has 0 aliphatic heterocycles. The second-order valence-corrected chi connectivity index (χ2v) is 3.49. The molecule has 1 rings (SSSR count). The molecule has 0 spiro atoms. The second kappa shape index (κ2) is 4.36. The number of rotatable bonds is 2. The predicted molar refractivity (Wildman–Crippen MR) is 55.0 cm³/mol. The summed E-state index contributed by atoms with van der Waals surface area (Å²) in [6.07, 6.45) is 0. The van der Waals surface area contributed by atoms with Crippen LogP contribution in [0.15, 0.2) is 36.7 Å². The van der Waals surface area contributed by atoms with E-state index >= 15 is 0 Å². The normalized spacial score (nSPS) is 9.38. The van der Waals surface area contributed by atoms with Crippen molar-refractivity contribution in [3.8, 4) is 5.75 Å². The molecular weight excluding hydrogens is 286 g/mol. The molecule has 68 valence electrons. The number of carbonyl (C=O) groups is 1. The number of hydrogen-bond donors (Lipinski definition) is 0. The largest absolute Gasteiger partial charge is 0.421 e. The zero-order chi connectivity index (χ0) is 9.84. The summed E-state index contributed by atoms with van der Waals surface area (Å²) in [5.74, 6) is -1.84. The van der Waals surface area contributed by atoms with E-state index in [2.05, 4.69) is 33.9 Å². The van der Waals surface area contributed by atoms with Crippen molar-refractivity contribution in [3.05, 3.63) is 40.2 Å². The molecule has 0 fully saturated rings. The first kappa shape index (κ1) is 10.2. The van der Waals surface area contributed by atoms with Crippen molar-refractivity contribution in [1.29, 1.82) is 0 Å². The SMILES string of the molecule is C=C(F)C(=O)Oc1ccc(I)cc1. The van der Waals surface area contributed by atoms with Crippen LogP contribution in [-0.4, -0.2) is 5.97 Å². The number of benzene rings is 1. The molecular formula is C9H6FIO2. The number of hydrogen-bond acceptors (Lipinski definition) is 2. The van der Waals surface area contributed by atoms with Crippen LogP contribution in [0.3, 0.4) is 0 Å². The number of esters is 1. The van der Waals surface area contributed by atoms with Crippen LogP contribution in [0, 0.1) is 3.57 Å². The van der Waals surface area contributed by atoms with Gasteiger partial charge in [0, 0.05) is 3.57 Å². The highest BCUT2D eigenvalue weighted by molar-refractivity contribution is 14.1. The number of ether oxygens (including phenoxy) is 1. The van der Waals surface area contributed by atoms with Gasteiger partial charge in [-0.2, -0.15) is 4.39 Å². The van der Waals surface area contributed by atoms with Gasteiger partial charge < -0.3 is 4.74 Å². The van der Waals surface area contributed by atoms with E-state index in [0.29, 0.717) is 5.75 Å². The molecule has 0 amide bonds. The Bertz CT molecular complexity index is 332. The van der Waals surface area contributed by atoms with Gasteiger partial charge in [0.1, 0.15) is 5.75 Å². The number of halogens is 2. The molecule has 0 unspecified atom stereocenters. The molecule has 0 aromatic heterocycles. The van der Waals surface area contributed by atoms with Crippen LogP contribution in [0.25, 0.3) is 0 Å². The molecule has 0 aliphatic rings. The van der Waals surface area contributed by atoms with Gasteiger partial charge in [-0.3, -0.25) is 0 Å². The fourth-order valence-corrected chi connectivity index (χ4v) is 1.02. The highest BCUT2D eigenvalue weighted by Crippen LogP contribution is 2.14.